The van der Waals surface area contributed by atoms with Gasteiger partial charge in [0.1, 0.15) is 0 Å². The van der Waals surface area contributed by atoms with Crippen LogP contribution in [0.4, 0.5) is 0 Å². The predicted octanol–water partition coefficient (Wildman–Crippen LogP) is 2.59. The van der Waals surface area contributed by atoms with E-state index in [4.69, 9.17) is 5.73 Å². The first-order valence-corrected chi connectivity index (χ1v) is 8.08. The van der Waals surface area contributed by atoms with Crippen LogP contribution in [-0.2, 0) is 6.54 Å². The smallest absolute Gasteiger partial charge is 0.251 e. The Kier molecular flexibility index (Phi) is 8.34. The van der Waals surface area contributed by atoms with Gasteiger partial charge in [0.05, 0.1) is 0 Å². The third-order valence-electron chi connectivity index (χ3n) is 4.56. The van der Waals surface area contributed by atoms with E-state index >= 15 is 0 Å². The molecule has 1 unspecified atom stereocenters. The average Bonchev–Trinajstić information content (AvgIpc) is 3.22. The van der Waals surface area contributed by atoms with E-state index in [0.717, 1.165) is 12.1 Å². The SMILES string of the molecule is Cl.Cl.NCC(NC(=O)c1cccc(CN2CCCC2)c1)C1CC1. The molecule has 3 rings (SSSR count). The van der Waals surface area contributed by atoms with Gasteiger partial charge in [0.2, 0.25) is 0 Å². The number of nitrogens with zero attached hydrogens (tertiary/aromatic N) is 1. The fraction of sp³-hybridized carbons (Fsp3) is 0.588. The van der Waals surface area contributed by atoms with Crippen LogP contribution >= 0.6 is 24.8 Å². The summed E-state index contributed by atoms with van der Waals surface area (Å²) in [6.07, 6.45) is 4.97. The van der Waals surface area contributed by atoms with Gasteiger partial charge in [-0.2, -0.15) is 0 Å². The maximum absolute atomic E-state index is 12.4. The second-order valence-electron chi connectivity index (χ2n) is 6.34. The summed E-state index contributed by atoms with van der Waals surface area (Å²) in [5, 5.41) is 3.09. The van der Waals surface area contributed by atoms with Crippen LogP contribution in [0.25, 0.3) is 0 Å². The van der Waals surface area contributed by atoms with E-state index in [2.05, 4.69) is 16.3 Å². The minimum atomic E-state index is 0. The first-order chi connectivity index (χ1) is 10.3. The summed E-state index contributed by atoms with van der Waals surface area (Å²) in [5.74, 6) is 0.604. The first-order valence-electron chi connectivity index (χ1n) is 8.08. The Bertz CT molecular complexity index is 502. The number of rotatable bonds is 6. The van der Waals surface area contributed by atoms with Crippen molar-refractivity contribution >= 4 is 30.7 Å². The molecular formula is C17H27Cl2N3O. The summed E-state index contributed by atoms with van der Waals surface area (Å²) < 4.78 is 0. The van der Waals surface area contributed by atoms with Crippen LogP contribution in [0.3, 0.4) is 0 Å². The Morgan fingerprint density at radius 3 is 2.57 bits per heavy atom. The lowest BCUT2D eigenvalue weighted by Crippen LogP contribution is -2.41. The van der Waals surface area contributed by atoms with Crippen molar-refractivity contribution in [3.05, 3.63) is 35.4 Å². The highest BCUT2D eigenvalue weighted by Gasteiger charge is 2.31. The topological polar surface area (TPSA) is 58.4 Å². The fourth-order valence-electron chi connectivity index (χ4n) is 3.13. The maximum Gasteiger partial charge on any atom is 0.251 e. The number of hydrogen-bond acceptors (Lipinski definition) is 3. The van der Waals surface area contributed by atoms with Crippen molar-refractivity contribution in [2.24, 2.45) is 11.7 Å². The molecule has 1 saturated carbocycles. The van der Waals surface area contributed by atoms with Crippen LogP contribution in [0.5, 0.6) is 0 Å². The van der Waals surface area contributed by atoms with Gasteiger partial charge in [-0.3, -0.25) is 9.69 Å². The van der Waals surface area contributed by atoms with Gasteiger partial charge in [-0.15, -0.1) is 24.8 Å². The number of nitrogens with two attached hydrogens (primary N) is 1. The van der Waals surface area contributed by atoms with Crippen molar-refractivity contribution in [1.29, 1.82) is 0 Å². The summed E-state index contributed by atoms with van der Waals surface area (Å²) in [6.45, 7) is 3.83. The van der Waals surface area contributed by atoms with Crippen molar-refractivity contribution in [3.8, 4) is 0 Å². The van der Waals surface area contributed by atoms with Crippen LogP contribution in [0.15, 0.2) is 24.3 Å². The van der Waals surface area contributed by atoms with Crippen LogP contribution < -0.4 is 11.1 Å². The van der Waals surface area contributed by atoms with Crippen molar-refractivity contribution in [2.45, 2.75) is 38.3 Å². The van der Waals surface area contributed by atoms with E-state index < -0.39 is 0 Å². The highest BCUT2D eigenvalue weighted by molar-refractivity contribution is 5.94. The molecule has 1 heterocycles. The number of amides is 1. The summed E-state index contributed by atoms with van der Waals surface area (Å²) in [4.78, 5) is 14.8. The number of hydrogen-bond donors (Lipinski definition) is 2. The van der Waals surface area contributed by atoms with Gasteiger partial charge in [0, 0.05) is 24.7 Å². The average molecular weight is 360 g/mol. The number of carbonyl (C=O) groups is 1. The quantitative estimate of drug-likeness (QED) is 0.820. The molecule has 23 heavy (non-hydrogen) atoms. The largest absolute Gasteiger partial charge is 0.348 e. The second kappa shape index (κ2) is 9.48. The molecule has 4 nitrogen and oxygen atoms in total. The molecule has 1 amide bonds. The van der Waals surface area contributed by atoms with E-state index in [-0.39, 0.29) is 36.8 Å². The molecule has 0 spiro atoms. The van der Waals surface area contributed by atoms with Crippen LogP contribution in [0.2, 0.25) is 0 Å². The molecule has 1 saturated heterocycles. The molecule has 3 N–H and O–H groups in total. The van der Waals surface area contributed by atoms with E-state index in [1.807, 2.05) is 18.2 Å². The molecule has 6 heteroatoms. The van der Waals surface area contributed by atoms with Gasteiger partial charge in [0.15, 0.2) is 0 Å². The molecule has 1 atom stereocenters. The van der Waals surface area contributed by atoms with E-state index in [0.29, 0.717) is 12.5 Å². The third kappa shape index (κ3) is 5.64. The number of nitrogens with one attached hydrogen (secondary N) is 1. The van der Waals surface area contributed by atoms with Crippen molar-refractivity contribution in [2.75, 3.05) is 19.6 Å². The molecule has 1 aromatic carbocycles. The Balaban J connectivity index is 0.00000132. The molecule has 1 aliphatic carbocycles. The Labute approximate surface area is 151 Å². The molecule has 2 fully saturated rings. The summed E-state index contributed by atoms with van der Waals surface area (Å²) in [6, 6.07) is 8.14. The molecule has 130 valence electrons. The highest BCUT2D eigenvalue weighted by Crippen LogP contribution is 2.32. The lowest BCUT2D eigenvalue weighted by molar-refractivity contribution is 0.0933. The second-order valence-corrected chi connectivity index (χ2v) is 6.34. The predicted molar refractivity (Wildman–Crippen MR) is 98.5 cm³/mol. The minimum Gasteiger partial charge on any atom is -0.348 e. The molecule has 1 aromatic rings. The molecule has 2 aliphatic rings. The van der Waals surface area contributed by atoms with Crippen molar-refractivity contribution in [1.82, 2.24) is 10.2 Å². The fourth-order valence-corrected chi connectivity index (χ4v) is 3.13. The summed E-state index contributed by atoms with van der Waals surface area (Å²) in [7, 11) is 0. The van der Waals surface area contributed by atoms with E-state index in [1.165, 1.54) is 44.3 Å². The Hall–Kier alpha value is -0.810. The third-order valence-corrected chi connectivity index (χ3v) is 4.56. The number of benzene rings is 1. The summed E-state index contributed by atoms with van der Waals surface area (Å²) >= 11 is 0. The monoisotopic (exact) mass is 359 g/mol. The number of carbonyl (C=O) groups excluding carboxylic acids is 1. The summed E-state index contributed by atoms with van der Waals surface area (Å²) in [5.41, 5.74) is 7.74. The highest BCUT2D eigenvalue weighted by atomic mass is 35.5. The Morgan fingerprint density at radius 1 is 1.26 bits per heavy atom. The lowest BCUT2D eigenvalue weighted by Gasteiger charge is -2.17. The lowest BCUT2D eigenvalue weighted by atomic mass is 10.1. The molecule has 0 radical (unpaired) electrons. The Morgan fingerprint density at radius 2 is 1.96 bits per heavy atom. The standard InChI is InChI=1S/C17H25N3O.2ClH/c18-11-16(14-6-7-14)19-17(21)15-5-3-4-13(10-15)12-20-8-1-2-9-20;;/h3-5,10,14,16H,1-2,6-9,11-12,18H2,(H,19,21);2*1H. The van der Waals surface area contributed by atoms with Gasteiger partial charge >= 0.3 is 0 Å². The van der Waals surface area contributed by atoms with Crippen molar-refractivity contribution in [3.63, 3.8) is 0 Å². The zero-order valence-corrected chi connectivity index (χ0v) is 15.0. The van der Waals surface area contributed by atoms with E-state index in [1.54, 1.807) is 0 Å². The van der Waals surface area contributed by atoms with Crippen LogP contribution in [0, 0.1) is 5.92 Å². The van der Waals surface area contributed by atoms with Gasteiger partial charge in [-0.25, -0.2) is 0 Å². The molecule has 0 bridgehead atoms. The normalized spacial score (nSPS) is 18.7. The van der Waals surface area contributed by atoms with Gasteiger partial charge in [0.25, 0.3) is 5.91 Å². The molecular weight excluding hydrogens is 333 g/mol. The van der Waals surface area contributed by atoms with Crippen LogP contribution in [-0.4, -0.2) is 36.5 Å². The van der Waals surface area contributed by atoms with Gasteiger partial charge in [-0.1, -0.05) is 12.1 Å². The minimum absolute atomic E-state index is 0. The number of likely N-dealkylation sites (tertiary alicyclic amines) is 1. The zero-order chi connectivity index (χ0) is 14.7. The van der Waals surface area contributed by atoms with Gasteiger partial charge < -0.3 is 11.1 Å². The first kappa shape index (κ1) is 20.2. The van der Waals surface area contributed by atoms with Gasteiger partial charge in [-0.05, 0) is 62.4 Å². The zero-order valence-electron chi connectivity index (χ0n) is 13.4. The van der Waals surface area contributed by atoms with Crippen LogP contribution in [0.1, 0.15) is 41.6 Å². The number of halogens is 2. The molecule has 0 aromatic heterocycles. The van der Waals surface area contributed by atoms with Crippen molar-refractivity contribution < 1.29 is 4.79 Å². The molecule has 1 aliphatic heterocycles. The maximum atomic E-state index is 12.4. The van der Waals surface area contributed by atoms with E-state index in [9.17, 15) is 4.79 Å².